The highest BCUT2D eigenvalue weighted by Gasteiger charge is 2.33. The fraction of sp³-hybridized carbons (Fsp3) is 0.0476. The fourth-order valence-electron chi connectivity index (χ4n) is 2.67. The summed E-state index contributed by atoms with van der Waals surface area (Å²) < 4.78 is 54.1. The molecule has 0 bridgehead atoms. The van der Waals surface area contributed by atoms with Gasteiger partial charge in [-0.05, 0) is 41.0 Å². The summed E-state index contributed by atoms with van der Waals surface area (Å²) in [7, 11) is 0. The molecule has 0 unspecified atom stereocenters. The maximum atomic E-state index is 14.7. The first kappa shape index (κ1) is 18.2. The van der Waals surface area contributed by atoms with Gasteiger partial charge >= 0.3 is 6.18 Å². The van der Waals surface area contributed by atoms with Gasteiger partial charge in [-0.15, -0.1) is 0 Å². The van der Waals surface area contributed by atoms with Crippen LogP contribution in [0.1, 0.15) is 16.7 Å². The normalized spacial score (nSPS) is 12.3. The second-order valence-electron chi connectivity index (χ2n) is 5.63. The van der Waals surface area contributed by atoms with Crippen LogP contribution in [0.15, 0.2) is 72.8 Å². The molecule has 0 amide bonds. The van der Waals surface area contributed by atoms with E-state index in [-0.39, 0.29) is 0 Å². The zero-order valence-corrected chi connectivity index (χ0v) is 14.2. The molecule has 0 atom stereocenters. The molecule has 0 saturated carbocycles. The first-order valence-electron chi connectivity index (χ1n) is 7.75. The molecule has 0 N–H and O–H groups in total. The average molecular weight is 377 g/mol. The van der Waals surface area contributed by atoms with Crippen molar-refractivity contribution in [2.75, 3.05) is 0 Å². The van der Waals surface area contributed by atoms with Gasteiger partial charge in [0, 0.05) is 10.6 Å². The van der Waals surface area contributed by atoms with E-state index in [1.165, 1.54) is 12.1 Å². The minimum absolute atomic E-state index is 0.476. The Morgan fingerprint density at radius 2 is 1.42 bits per heavy atom. The van der Waals surface area contributed by atoms with E-state index >= 15 is 0 Å². The monoisotopic (exact) mass is 376 g/mol. The molecule has 0 aliphatic rings. The topological polar surface area (TPSA) is 0 Å². The van der Waals surface area contributed by atoms with Crippen LogP contribution >= 0.6 is 11.6 Å². The minimum atomic E-state index is -4.63. The van der Waals surface area contributed by atoms with Crippen molar-refractivity contribution in [3.63, 3.8) is 0 Å². The molecule has 0 aromatic heterocycles. The Labute approximate surface area is 153 Å². The van der Waals surface area contributed by atoms with Gasteiger partial charge in [0.25, 0.3) is 0 Å². The molecule has 26 heavy (non-hydrogen) atoms. The molecule has 0 aliphatic heterocycles. The molecular formula is C21H13ClF4. The summed E-state index contributed by atoms with van der Waals surface area (Å²) in [4.78, 5) is 0. The first-order chi connectivity index (χ1) is 12.4. The van der Waals surface area contributed by atoms with E-state index < -0.39 is 23.1 Å². The third-order valence-electron chi connectivity index (χ3n) is 3.89. The lowest BCUT2D eigenvalue weighted by atomic mass is 9.98. The van der Waals surface area contributed by atoms with Gasteiger partial charge in [0.2, 0.25) is 0 Å². The van der Waals surface area contributed by atoms with Crippen molar-refractivity contribution in [2.24, 2.45) is 0 Å². The van der Waals surface area contributed by atoms with E-state index in [1.807, 2.05) is 0 Å². The number of hydrogen-bond donors (Lipinski definition) is 0. The molecule has 3 rings (SSSR count). The van der Waals surface area contributed by atoms with Crippen molar-refractivity contribution in [1.29, 1.82) is 0 Å². The van der Waals surface area contributed by atoms with Crippen LogP contribution in [0.4, 0.5) is 17.6 Å². The smallest absolute Gasteiger partial charge is 0.206 e. The maximum absolute atomic E-state index is 14.7. The third kappa shape index (κ3) is 3.97. The Hall–Kier alpha value is -2.59. The average Bonchev–Trinajstić information content (AvgIpc) is 2.62. The maximum Gasteiger partial charge on any atom is 0.417 e. The SMILES string of the molecule is F/C(=C/c1ccccc1-c1ccc(Cl)cc1)c1ccccc1C(F)(F)F. The fourth-order valence-corrected chi connectivity index (χ4v) is 2.79. The van der Waals surface area contributed by atoms with Gasteiger partial charge in [-0.2, -0.15) is 13.2 Å². The lowest BCUT2D eigenvalue weighted by Crippen LogP contribution is -2.07. The van der Waals surface area contributed by atoms with E-state index in [0.29, 0.717) is 16.1 Å². The third-order valence-corrected chi connectivity index (χ3v) is 4.14. The Balaban J connectivity index is 2.08. The van der Waals surface area contributed by atoms with Crippen molar-refractivity contribution in [3.8, 4) is 11.1 Å². The van der Waals surface area contributed by atoms with Gasteiger partial charge in [0.15, 0.2) is 0 Å². The molecular weight excluding hydrogens is 364 g/mol. The van der Waals surface area contributed by atoms with Crippen LogP contribution in [-0.4, -0.2) is 0 Å². The minimum Gasteiger partial charge on any atom is -0.206 e. The Morgan fingerprint density at radius 3 is 2.12 bits per heavy atom. The van der Waals surface area contributed by atoms with Crippen LogP contribution in [0.25, 0.3) is 23.0 Å². The Morgan fingerprint density at radius 1 is 0.808 bits per heavy atom. The second kappa shape index (κ2) is 7.34. The molecule has 0 radical (unpaired) electrons. The van der Waals surface area contributed by atoms with Crippen LogP contribution in [0, 0.1) is 0 Å². The van der Waals surface area contributed by atoms with Crippen LogP contribution in [-0.2, 0) is 6.18 Å². The predicted molar refractivity (Wildman–Crippen MR) is 97.3 cm³/mol. The van der Waals surface area contributed by atoms with Gasteiger partial charge in [-0.3, -0.25) is 0 Å². The quantitative estimate of drug-likeness (QED) is 0.328. The molecule has 0 saturated heterocycles. The lowest BCUT2D eigenvalue weighted by Gasteiger charge is -2.12. The number of halogens is 5. The van der Waals surface area contributed by atoms with E-state index in [9.17, 15) is 17.6 Å². The molecule has 0 fully saturated rings. The highest BCUT2D eigenvalue weighted by molar-refractivity contribution is 6.30. The molecule has 0 nitrogen and oxygen atoms in total. The first-order valence-corrected chi connectivity index (χ1v) is 8.13. The van der Waals surface area contributed by atoms with Crippen LogP contribution in [0.2, 0.25) is 5.02 Å². The lowest BCUT2D eigenvalue weighted by molar-refractivity contribution is -0.137. The molecule has 132 valence electrons. The van der Waals surface area contributed by atoms with E-state index in [0.717, 1.165) is 23.8 Å². The number of hydrogen-bond acceptors (Lipinski definition) is 0. The standard InChI is InChI=1S/C21H13ClF4/c22-16-11-9-14(10-12-16)17-6-2-1-5-15(17)13-20(23)18-7-3-4-8-19(18)21(24,25)26/h1-13H/b20-13+. The van der Waals surface area contributed by atoms with Crippen molar-refractivity contribution < 1.29 is 17.6 Å². The Bertz CT molecular complexity index is 941. The van der Waals surface area contributed by atoms with Gasteiger partial charge in [0.1, 0.15) is 5.83 Å². The molecule has 0 aliphatic carbocycles. The summed E-state index contributed by atoms with van der Waals surface area (Å²) in [5, 5.41) is 0.562. The number of rotatable bonds is 3. The van der Waals surface area contributed by atoms with Crippen molar-refractivity contribution in [1.82, 2.24) is 0 Å². The zero-order valence-electron chi connectivity index (χ0n) is 13.4. The number of benzene rings is 3. The zero-order chi connectivity index (χ0) is 18.7. The van der Waals surface area contributed by atoms with Gasteiger partial charge in [-0.1, -0.05) is 66.2 Å². The summed E-state index contributed by atoms with van der Waals surface area (Å²) in [6.45, 7) is 0. The van der Waals surface area contributed by atoms with Crippen LogP contribution < -0.4 is 0 Å². The highest BCUT2D eigenvalue weighted by atomic mass is 35.5. The van der Waals surface area contributed by atoms with Gasteiger partial charge in [0.05, 0.1) is 5.56 Å². The summed E-state index contributed by atoms with van der Waals surface area (Å²) in [6.07, 6.45) is -3.51. The molecule has 3 aromatic carbocycles. The van der Waals surface area contributed by atoms with Crippen molar-refractivity contribution >= 4 is 23.5 Å². The van der Waals surface area contributed by atoms with Crippen LogP contribution in [0.5, 0.6) is 0 Å². The van der Waals surface area contributed by atoms with Crippen LogP contribution in [0.3, 0.4) is 0 Å². The van der Waals surface area contributed by atoms with E-state index in [4.69, 9.17) is 11.6 Å². The second-order valence-corrected chi connectivity index (χ2v) is 6.07. The molecule has 0 heterocycles. The molecule has 5 heteroatoms. The molecule has 0 spiro atoms. The van der Waals surface area contributed by atoms with Crippen molar-refractivity contribution in [3.05, 3.63) is 94.5 Å². The van der Waals surface area contributed by atoms with E-state index in [2.05, 4.69) is 0 Å². The largest absolute Gasteiger partial charge is 0.417 e. The summed E-state index contributed by atoms with van der Waals surface area (Å²) in [5.41, 5.74) is 0.481. The Kier molecular flexibility index (Phi) is 5.14. The summed E-state index contributed by atoms with van der Waals surface area (Å²) >= 11 is 5.88. The highest BCUT2D eigenvalue weighted by Crippen LogP contribution is 2.36. The van der Waals surface area contributed by atoms with Crippen molar-refractivity contribution in [2.45, 2.75) is 6.18 Å². The van der Waals surface area contributed by atoms with Gasteiger partial charge < -0.3 is 0 Å². The summed E-state index contributed by atoms with van der Waals surface area (Å²) in [6, 6.07) is 18.5. The van der Waals surface area contributed by atoms with Gasteiger partial charge in [-0.25, -0.2) is 4.39 Å². The predicted octanol–water partition coefficient (Wildman–Crippen LogP) is 7.49. The molecule has 3 aromatic rings. The summed E-state index contributed by atoms with van der Waals surface area (Å²) in [5.74, 6) is -0.945. The number of alkyl halides is 3. The van der Waals surface area contributed by atoms with E-state index in [1.54, 1.807) is 48.5 Å².